The van der Waals surface area contributed by atoms with Crippen molar-refractivity contribution in [1.29, 1.82) is 0 Å². The molecular formula is C17H13ClN2O4. The number of carbonyl (C=O) groups is 1. The van der Waals surface area contributed by atoms with Crippen LogP contribution in [0.3, 0.4) is 0 Å². The van der Waals surface area contributed by atoms with Gasteiger partial charge in [0.25, 0.3) is 5.91 Å². The Morgan fingerprint density at radius 1 is 1.33 bits per heavy atom. The molecule has 1 aromatic carbocycles. The Labute approximate surface area is 141 Å². The summed E-state index contributed by atoms with van der Waals surface area (Å²) in [5.41, 5.74) is 0.270. The maximum atomic E-state index is 12.8. The van der Waals surface area contributed by atoms with E-state index in [9.17, 15) is 9.59 Å². The van der Waals surface area contributed by atoms with Crippen LogP contribution in [0.15, 0.2) is 45.9 Å². The number of nitrogens with zero attached hydrogens (tertiary/aromatic N) is 1. The van der Waals surface area contributed by atoms with Gasteiger partial charge in [0.05, 0.1) is 35.3 Å². The van der Waals surface area contributed by atoms with Crippen molar-refractivity contribution in [3.8, 4) is 5.75 Å². The van der Waals surface area contributed by atoms with Crippen LogP contribution in [0.1, 0.15) is 16.1 Å². The lowest BCUT2D eigenvalue weighted by Crippen LogP contribution is -2.30. The zero-order valence-corrected chi connectivity index (χ0v) is 13.3. The first-order chi connectivity index (χ1) is 11.6. The Kier molecular flexibility index (Phi) is 3.54. The van der Waals surface area contributed by atoms with Crippen LogP contribution in [0.25, 0.3) is 10.9 Å². The summed E-state index contributed by atoms with van der Waals surface area (Å²) in [6.07, 6.45) is 3.09. The molecule has 0 spiro atoms. The molecule has 0 radical (unpaired) electrons. The summed E-state index contributed by atoms with van der Waals surface area (Å²) in [5, 5.41) is 3.30. The topological polar surface area (TPSA) is 73.5 Å². The number of amides is 1. The molecule has 0 aliphatic carbocycles. The average molecular weight is 345 g/mol. The molecule has 0 unspecified atom stereocenters. The highest BCUT2D eigenvalue weighted by molar-refractivity contribution is 6.35. The van der Waals surface area contributed by atoms with Crippen LogP contribution in [0.4, 0.5) is 0 Å². The van der Waals surface area contributed by atoms with E-state index in [4.69, 9.17) is 20.8 Å². The molecule has 0 fully saturated rings. The number of hydrogen-bond donors (Lipinski definition) is 1. The lowest BCUT2D eigenvalue weighted by atomic mass is 10.1. The van der Waals surface area contributed by atoms with Gasteiger partial charge in [-0.2, -0.15) is 0 Å². The second kappa shape index (κ2) is 5.72. The third-order valence-corrected chi connectivity index (χ3v) is 4.29. The molecule has 1 aliphatic rings. The van der Waals surface area contributed by atoms with Gasteiger partial charge in [0.15, 0.2) is 0 Å². The van der Waals surface area contributed by atoms with Crippen LogP contribution in [-0.2, 0) is 13.1 Å². The molecule has 2 aromatic heterocycles. The fourth-order valence-electron chi connectivity index (χ4n) is 2.85. The van der Waals surface area contributed by atoms with E-state index >= 15 is 0 Å². The average Bonchev–Trinajstić information content (AvgIpc) is 3.10. The zero-order valence-electron chi connectivity index (χ0n) is 12.5. The Balaban J connectivity index is 1.79. The highest BCUT2D eigenvalue weighted by Crippen LogP contribution is 2.31. The van der Waals surface area contributed by atoms with Crippen molar-refractivity contribution in [2.24, 2.45) is 0 Å². The number of carbonyl (C=O) groups excluding carboxylic acids is 1. The monoisotopic (exact) mass is 344 g/mol. The van der Waals surface area contributed by atoms with Crippen LogP contribution in [0.5, 0.6) is 5.75 Å². The fourth-order valence-corrected chi connectivity index (χ4v) is 3.08. The van der Waals surface area contributed by atoms with Gasteiger partial charge in [-0.05, 0) is 24.3 Å². The molecule has 0 bridgehead atoms. The van der Waals surface area contributed by atoms with Crippen LogP contribution >= 0.6 is 11.6 Å². The van der Waals surface area contributed by atoms with Crippen molar-refractivity contribution in [1.82, 2.24) is 9.88 Å². The van der Waals surface area contributed by atoms with Gasteiger partial charge in [0.2, 0.25) is 5.43 Å². The molecule has 3 aromatic rings. The predicted octanol–water partition coefficient (Wildman–Crippen LogP) is 2.57. The van der Waals surface area contributed by atoms with Gasteiger partial charge in [-0.1, -0.05) is 11.6 Å². The molecule has 0 saturated heterocycles. The van der Waals surface area contributed by atoms with Gasteiger partial charge in [0, 0.05) is 6.20 Å². The molecule has 0 saturated carbocycles. The lowest BCUT2D eigenvalue weighted by molar-refractivity contribution is 0.0946. The number of benzene rings is 1. The van der Waals surface area contributed by atoms with Gasteiger partial charge in [-0.15, -0.1) is 0 Å². The molecule has 1 amide bonds. The van der Waals surface area contributed by atoms with Crippen molar-refractivity contribution < 1.29 is 13.9 Å². The van der Waals surface area contributed by atoms with Gasteiger partial charge in [-0.3, -0.25) is 9.59 Å². The molecule has 4 rings (SSSR count). The molecule has 122 valence electrons. The van der Waals surface area contributed by atoms with Crippen LogP contribution < -0.4 is 15.5 Å². The maximum Gasteiger partial charge on any atom is 0.257 e. The van der Waals surface area contributed by atoms with Crippen molar-refractivity contribution in [2.75, 3.05) is 6.61 Å². The van der Waals surface area contributed by atoms with E-state index in [1.54, 1.807) is 30.5 Å². The third-order valence-electron chi connectivity index (χ3n) is 3.97. The summed E-state index contributed by atoms with van der Waals surface area (Å²) in [6.45, 7) is 1.23. The number of pyridine rings is 1. The predicted molar refractivity (Wildman–Crippen MR) is 88.6 cm³/mol. The first-order valence-electron chi connectivity index (χ1n) is 7.44. The Morgan fingerprint density at radius 2 is 2.21 bits per heavy atom. The van der Waals surface area contributed by atoms with Crippen molar-refractivity contribution in [3.05, 3.63) is 63.3 Å². The zero-order chi connectivity index (χ0) is 16.7. The number of hydrogen-bond acceptors (Lipinski definition) is 4. The van der Waals surface area contributed by atoms with Gasteiger partial charge >= 0.3 is 0 Å². The number of aromatic nitrogens is 1. The molecule has 1 N–H and O–H groups in total. The Morgan fingerprint density at radius 3 is 3.00 bits per heavy atom. The van der Waals surface area contributed by atoms with E-state index in [0.717, 1.165) is 0 Å². The quantitative estimate of drug-likeness (QED) is 0.792. The summed E-state index contributed by atoms with van der Waals surface area (Å²) in [7, 11) is 0. The van der Waals surface area contributed by atoms with Crippen LogP contribution in [0.2, 0.25) is 5.02 Å². The summed E-state index contributed by atoms with van der Waals surface area (Å²) in [5.74, 6) is 0.745. The van der Waals surface area contributed by atoms with E-state index in [2.05, 4.69) is 5.32 Å². The largest absolute Gasteiger partial charge is 0.490 e. The Hall–Kier alpha value is -2.73. The standard InChI is InChI=1S/C17H13ClN2O4/c18-12-3-4-13-15-14(12)16(21)11(9-20(15)5-7-24-13)17(22)19-8-10-2-1-6-23-10/h1-4,6,9H,5,7-8H2,(H,19,22). The van der Waals surface area contributed by atoms with Crippen molar-refractivity contribution >= 4 is 28.4 Å². The molecular weight excluding hydrogens is 332 g/mol. The first-order valence-corrected chi connectivity index (χ1v) is 7.82. The lowest BCUT2D eigenvalue weighted by Gasteiger charge is -2.21. The number of nitrogens with one attached hydrogen (secondary N) is 1. The van der Waals surface area contributed by atoms with E-state index < -0.39 is 11.3 Å². The van der Waals surface area contributed by atoms with Crippen LogP contribution in [-0.4, -0.2) is 17.1 Å². The minimum atomic E-state index is -0.463. The fraction of sp³-hybridized carbons (Fsp3) is 0.176. The number of halogens is 1. The maximum absolute atomic E-state index is 12.8. The van der Waals surface area contributed by atoms with E-state index in [1.807, 2.05) is 4.57 Å². The minimum Gasteiger partial charge on any atom is -0.490 e. The molecule has 7 heteroatoms. The van der Waals surface area contributed by atoms with Gasteiger partial charge in [-0.25, -0.2) is 0 Å². The SMILES string of the molecule is O=C(NCc1ccco1)c1cn2c3c(ccc(Cl)c3c1=O)OCC2. The molecule has 0 atom stereocenters. The normalized spacial score (nSPS) is 12.9. The summed E-state index contributed by atoms with van der Waals surface area (Å²) < 4.78 is 12.6. The van der Waals surface area contributed by atoms with E-state index in [-0.39, 0.29) is 12.1 Å². The highest BCUT2D eigenvalue weighted by atomic mass is 35.5. The second-order valence-electron chi connectivity index (χ2n) is 5.44. The van der Waals surface area contributed by atoms with Crippen molar-refractivity contribution in [3.63, 3.8) is 0 Å². The summed E-state index contributed by atoms with van der Waals surface area (Å²) in [6, 6.07) is 6.83. The minimum absolute atomic E-state index is 0.0509. The molecule has 6 nitrogen and oxygen atoms in total. The Bertz CT molecular complexity index is 992. The van der Waals surface area contributed by atoms with E-state index in [0.29, 0.717) is 40.6 Å². The molecule has 3 heterocycles. The van der Waals surface area contributed by atoms with Crippen molar-refractivity contribution in [2.45, 2.75) is 13.1 Å². The molecule has 24 heavy (non-hydrogen) atoms. The summed E-state index contributed by atoms with van der Waals surface area (Å²) in [4.78, 5) is 25.2. The second-order valence-corrected chi connectivity index (χ2v) is 5.85. The number of rotatable bonds is 3. The number of ether oxygens (including phenoxy) is 1. The number of furan rings is 1. The van der Waals surface area contributed by atoms with Crippen LogP contribution in [0, 0.1) is 0 Å². The highest BCUT2D eigenvalue weighted by Gasteiger charge is 2.22. The first kappa shape index (κ1) is 14.8. The van der Waals surface area contributed by atoms with E-state index in [1.165, 1.54) is 6.26 Å². The molecule has 1 aliphatic heterocycles. The summed E-state index contributed by atoms with van der Waals surface area (Å²) >= 11 is 6.21. The smallest absolute Gasteiger partial charge is 0.257 e. The van der Waals surface area contributed by atoms with Gasteiger partial charge < -0.3 is 19.0 Å². The third kappa shape index (κ3) is 2.35. The van der Waals surface area contributed by atoms with Gasteiger partial charge in [0.1, 0.15) is 23.7 Å².